The van der Waals surface area contributed by atoms with Crippen LogP contribution in [0.5, 0.6) is 0 Å². The molecule has 0 aliphatic heterocycles. The molecular weight excluding hydrogens is 379 g/mol. The van der Waals surface area contributed by atoms with Gasteiger partial charge < -0.3 is 15.7 Å². The number of hydrogen-bond acceptors (Lipinski definition) is 3. The first-order valence-corrected chi connectivity index (χ1v) is 7.91. The zero-order chi connectivity index (χ0) is 14.4. The maximum Gasteiger partial charge on any atom is 0.337 e. The number of hydrogen-bond donors (Lipinski definition) is 3. The summed E-state index contributed by atoms with van der Waals surface area (Å²) in [6, 6.07) is 4.45. The van der Waals surface area contributed by atoms with Gasteiger partial charge >= 0.3 is 12.0 Å². The molecule has 0 aromatic heterocycles. The lowest BCUT2D eigenvalue weighted by Crippen LogP contribution is -2.33. The van der Waals surface area contributed by atoms with Crippen molar-refractivity contribution in [3.8, 4) is 0 Å². The van der Waals surface area contributed by atoms with Gasteiger partial charge in [-0.05, 0) is 47.0 Å². The fraction of sp³-hybridized carbons (Fsp3) is 0.333. The molecular formula is C12H15IN2O3S. The summed E-state index contributed by atoms with van der Waals surface area (Å²) in [5, 5.41) is 14.6. The number of halogens is 1. The number of aromatic carboxylic acids is 1. The standard InChI is InChI=1S/C12H15IN2O3S/c1-7(19-2)6-14-12(18)15-10-4-3-8(13)5-9(10)11(16)17/h3-5,7H,6H2,1-2H3,(H,16,17)(H2,14,15,18). The Labute approximate surface area is 129 Å². The number of benzene rings is 1. The average Bonchev–Trinajstić information content (AvgIpc) is 2.37. The van der Waals surface area contributed by atoms with E-state index in [0.29, 0.717) is 17.5 Å². The number of amides is 2. The Balaban J connectivity index is 2.71. The Morgan fingerprint density at radius 2 is 2.16 bits per heavy atom. The van der Waals surface area contributed by atoms with Gasteiger partial charge in [-0.2, -0.15) is 11.8 Å². The molecule has 3 N–H and O–H groups in total. The predicted octanol–water partition coefficient (Wildman–Crippen LogP) is 2.86. The van der Waals surface area contributed by atoms with Crippen molar-refractivity contribution in [3.63, 3.8) is 0 Å². The first-order valence-electron chi connectivity index (χ1n) is 5.54. The molecule has 1 aromatic carbocycles. The monoisotopic (exact) mass is 394 g/mol. The summed E-state index contributed by atoms with van der Waals surface area (Å²) in [6.45, 7) is 2.53. The van der Waals surface area contributed by atoms with Crippen molar-refractivity contribution < 1.29 is 14.7 Å². The Bertz CT molecular complexity index is 482. The number of thioether (sulfide) groups is 1. The normalized spacial score (nSPS) is 11.7. The third kappa shape index (κ3) is 5.27. The van der Waals surface area contributed by atoms with Gasteiger partial charge in [0, 0.05) is 15.4 Å². The fourth-order valence-corrected chi connectivity index (χ4v) is 2.03. The number of urea groups is 1. The van der Waals surface area contributed by atoms with Crippen molar-refractivity contribution in [2.24, 2.45) is 0 Å². The molecule has 0 spiro atoms. The van der Waals surface area contributed by atoms with Gasteiger partial charge in [-0.15, -0.1) is 0 Å². The fourth-order valence-electron chi connectivity index (χ4n) is 1.29. The number of carboxylic acid groups (broad SMARTS) is 1. The van der Waals surface area contributed by atoms with Crippen molar-refractivity contribution in [3.05, 3.63) is 27.3 Å². The molecule has 0 bridgehead atoms. The van der Waals surface area contributed by atoms with Crippen LogP contribution in [0.3, 0.4) is 0 Å². The molecule has 5 nitrogen and oxygen atoms in total. The summed E-state index contributed by atoms with van der Waals surface area (Å²) in [7, 11) is 0. The molecule has 0 heterocycles. The van der Waals surface area contributed by atoms with Crippen molar-refractivity contribution in [2.75, 3.05) is 18.1 Å². The van der Waals surface area contributed by atoms with Gasteiger partial charge in [-0.25, -0.2) is 9.59 Å². The minimum atomic E-state index is -1.06. The number of rotatable bonds is 5. The highest BCUT2D eigenvalue weighted by Gasteiger charge is 2.13. The minimum absolute atomic E-state index is 0.0833. The molecule has 0 fully saturated rings. The Hall–Kier alpha value is -0.960. The first-order chi connectivity index (χ1) is 8.93. The van der Waals surface area contributed by atoms with E-state index < -0.39 is 12.0 Å². The van der Waals surface area contributed by atoms with E-state index in [1.54, 1.807) is 23.9 Å². The zero-order valence-electron chi connectivity index (χ0n) is 10.6. The Morgan fingerprint density at radius 1 is 1.47 bits per heavy atom. The van der Waals surface area contributed by atoms with Crippen LogP contribution in [0, 0.1) is 3.57 Å². The highest BCUT2D eigenvalue weighted by molar-refractivity contribution is 14.1. The van der Waals surface area contributed by atoms with Crippen LogP contribution >= 0.6 is 34.4 Å². The van der Waals surface area contributed by atoms with E-state index in [1.807, 2.05) is 35.8 Å². The van der Waals surface area contributed by atoms with Crippen LogP contribution < -0.4 is 10.6 Å². The summed E-state index contributed by atoms with van der Waals surface area (Å²) in [5.41, 5.74) is 0.377. The van der Waals surface area contributed by atoms with Gasteiger partial charge in [0.2, 0.25) is 0 Å². The van der Waals surface area contributed by atoms with Crippen LogP contribution in [-0.4, -0.2) is 35.2 Å². The molecule has 104 valence electrons. The van der Waals surface area contributed by atoms with E-state index in [9.17, 15) is 9.59 Å². The summed E-state index contributed by atoms with van der Waals surface area (Å²) in [6.07, 6.45) is 1.96. The van der Waals surface area contributed by atoms with E-state index in [-0.39, 0.29) is 5.56 Å². The molecule has 1 atom stereocenters. The van der Waals surface area contributed by atoms with Gasteiger partial charge in [0.25, 0.3) is 0 Å². The number of anilines is 1. The lowest BCUT2D eigenvalue weighted by molar-refractivity contribution is 0.0698. The van der Waals surface area contributed by atoms with Crippen molar-refractivity contribution in [2.45, 2.75) is 12.2 Å². The lowest BCUT2D eigenvalue weighted by Gasteiger charge is -2.12. The highest BCUT2D eigenvalue weighted by Crippen LogP contribution is 2.18. The van der Waals surface area contributed by atoms with E-state index in [0.717, 1.165) is 3.57 Å². The second-order valence-electron chi connectivity index (χ2n) is 3.88. The lowest BCUT2D eigenvalue weighted by atomic mass is 10.2. The molecule has 1 aromatic rings. The van der Waals surface area contributed by atoms with Gasteiger partial charge in [-0.3, -0.25) is 0 Å². The third-order valence-electron chi connectivity index (χ3n) is 2.41. The smallest absolute Gasteiger partial charge is 0.337 e. The Kier molecular flexibility index (Phi) is 6.43. The van der Waals surface area contributed by atoms with E-state index in [4.69, 9.17) is 5.11 Å². The summed E-state index contributed by atoms with van der Waals surface area (Å²) < 4.78 is 0.803. The number of nitrogens with one attached hydrogen (secondary N) is 2. The highest BCUT2D eigenvalue weighted by atomic mass is 127. The first kappa shape index (κ1) is 16.1. The quantitative estimate of drug-likeness (QED) is 0.672. The number of carbonyl (C=O) groups excluding carboxylic acids is 1. The van der Waals surface area contributed by atoms with Gasteiger partial charge in [0.15, 0.2) is 0 Å². The van der Waals surface area contributed by atoms with Crippen LogP contribution in [-0.2, 0) is 0 Å². The van der Waals surface area contributed by atoms with Crippen molar-refractivity contribution >= 4 is 52.0 Å². The molecule has 0 saturated heterocycles. The molecule has 0 saturated carbocycles. The maximum atomic E-state index is 11.7. The SMILES string of the molecule is CSC(C)CNC(=O)Nc1ccc(I)cc1C(=O)O. The van der Waals surface area contributed by atoms with Crippen LogP contribution in [0.4, 0.5) is 10.5 Å². The molecule has 7 heteroatoms. The molecule has 2 amide bonds. The van der Waals surface area contributed by atoms with Gasteiger partial charge in [0.1, 0.15) is 0 Å². The molecule has 1 unspecified atom stereocenters. The van der Waals surface area contributed by atoms with Crippen molar-refractivity contribution in [1.29, 1.82) is 0 Å². The molecule has 0 radical (unpaired) electrons. The predicted molar refractivity (Wildman–Crippen MR) is 86.1 cm³/mol. The summed E-state index contributed by atoms with van der Waals surface area (Å²) in [5.74, 6) is -1.06. The third-order valence-corrected chi connectivity index (χ3v) is 4.06. The van der Waals surface area contributed by atoms with Gasteiger partial charge in [0.05, 0.1) is 11.3 Å². The second kappa shape index (κ2) is 7.59. The molecule has 1 rings (SSSR count). The van der Waals surface area contributed by atoms with E-state index in [1.165, 1.54) is 6.07 Å². The summed E-state index contributed by atoms with van der Waals surface area (Å²) in [4.78, 5) is 22.8. The van der Waals surface area contributed by atoms with Crippen LogP contribution in [0.15, 0.2) is 18.2 Å². The van der Waals surface area contributed by atoms with Crippen LogP contribution in [0.1, 0.15) is 17.3 Å². The van der Waals surface area contributed by atoms with Gasteiger partial charge in [-0.1, -0.05) is 6.92 Å². The Morgan fingerprint density at radius 3 is 2.74 bits per heavy atom. The van der Waals surface area contributed by atoms with Crippen LogP contribution in [0.2, 0.25) is 0 Å². The minimum Gasteiger partial charge on any atom is -0.478 e. The van der Waals surface area contributed by atoms with E-state index in [2.05, 4.69) is 10.6 Å². The average molecular weight is 394 g/mol. The molecule has 0 aliphatic rings. The topological polar surface area (TPSA) is 78.4 Å². The number of carbonyl (C=O) groups is 2. The summed E-state index contributed by atoms with van der Waals surface area (Å²) >= 11 is 3.67. The maximum absolute atomic E-state index is 11.7. The second-order valence-corrected chi connectivity index (χ2v) is 6.40. The molecule has 0 aliphatic carbocycles. The zero-order valence-corrected chi connectivity index (χ0v) is 13.5. The van der Waals surface area contributed by atoms with E-state index >= 15 is 0 Å². The van der Waals surface area contributed by atoms with Crippen molar-refractivity contribution in [1.82, 2.24) is 5.32 Å². The van der Waals surface area contributed by atoms with Crippen LogP contribution in [0.25, 0.3) is 0 Å². The largest absolute Gasteiger partial charge is 0.478 e. The number of carboxylic acids is 1. The molecule has 19 heavy (non-hydrogen) atoms.